The Morgan fingerprint density at radius 3 is 2.06 bits per heavy atom. The number of nitrogens with zero attached hydrogens (tertiary/aromatic N) is 5. The third kappa shape index (κ3) is 5.85. The predicted molar refractivity (Wildman–Crippen MR) is 211 cm³/mol. The second kappa shape index (κ2) is 12.1. The zero-order valence-electron chi connectivity index (χ0n) is 30.0. The van der Waals surface area contributed by atoms with Crippen LogP contribution in [0.15, 0.2) is 128 Å². The lowest BCUT2D eigenvalue weighted by molar-refractivity contribution is 0.479. The van der Waals surface area contributed by atoms with Crippen LogP contribution in [0.5, 0.6) is 11.5 Å². The molecule has 0 spiro atoms. The third-order valence-corrected chi connectivity index (χ3v) is 9.81. The summed E-state index contributed by atoms with van der Waals surface area (Å²) in [4.78, 5) is 13.1. The average Bonchev–Trinajstić information content (AvgIpc) is 3.67. The van der Waals surface area contributed by atoms with Gasteiger partial charge in [-0.1, -0.05) is 84.0 Å². The van der Waals surface area contributed by atoms with Crippen LogP contribution in [0.2, 0.25) is 0 Å². The highest BCUT2D eigenvalue weighted by molar-refractivity contribution is 6.09. The van der Waals surface area contributed by atoms with Crippen molar-refractivity contribution in [2.24, 2.45) is 0 Å². The second-order valence-corrected chi connectivity index (χ2v) is 15.4. The van der Waals surface area contributed by atoms with E-state index in [0.717, 1.165) is 56.5 Å². The largest absolute Gasteiger partial charge is 0.457 e. The van der Waals surface area contributed by atoms with E-state index in [1.165, 1.54) is 16.5 Å². The molecule has 1 aliphatic heterocycles. The number of ether oxygens (including phenoxy) is 1. The number of pyridine rings is 1. The molecule has 0 fully saturated rings. The summed E-state index contributed by atoms with van der Waals surface area (Å²) in [5.41, 5.74) is 9.33. The van der Waals surface area contributed by atoms with Gasteiger partial charge in [0.1, 0.15) is 24.0 Å². The lowest BCUT2D eigenvalue weighted by Crippen LogP contribution is -2.24. The number of benzene rings is 5. The minimum absolute atomic E-state index is 0.00478. The topological polar surface area (TPSA) is 37.9 Å². The van der Waals surface area contributed by atoms with E-state index in [9.17, 15) is 0 Å². The highest BCUT2D eigenvalue weighted by Gasteiger charge is 2.29. The number of anilines is 4. The Bertz CT molecular complexity index is 2490. The molecule has 1 aliphatic rings. The van der Waals surface area contributed by atoms with Gasteiger partial charge in [-0.3, -0.25) is 4.57 Å². The van der Waals surface area contributed by atoms with Crippen LogP contribution in [0.3, 0.4) is 0 Å². The van der Waals surface area contributed by atoms with Crippen molar-refractivity contribution >= 4 is 50.2 Å². The van der Waals surface area contributed by atoms with E-state index >= 15 is 0 Å². The molecular weight excluding hydrogens is 627 g/mol. The number of aromatic nitrogens is 2. The van der Waals surface area contributed by atoms with Gasteiger partial charge in [0.05, 0.1) is 29.0 Å². The second-order valence-electron chi connectivity index (χ2n) is 15.4. The van der Waals surface area contributed by atoms with Gasteiger partial charge in [-0.05, 0) is 88.7 Å². The molecular formula is C45H41N5O. The van der Waals surface area contributed by atoms with Crippen molar-refractivity contribution in [1.82, 2.24) is 9.55 Å². The summed E-state index contributed by atoms with van der Waals surface area (Å²) in [7, 11) is 0. The molecule has 0 radical (unpaired) electrons. The lowest BCUT2D eigenvalue weighted by Gasteiger charge is -2.26. The van der Waals surface area contributed by atoms with Gasteiger partial charge in [-0.25, -0.2) is 9.83 Å². The Morgan fingerprint density at radius 2 is 1.31 bits per heavy atom. The van der Waals surface area contributed by atoms with Crippen LogP contribution in [-0.2, 0) is 10.8 Å². The van der Waals surface area contributed by atoms with E-state index in [-0.39, 0.29) is 10.8 Å². The Labute approximate surface area is 300 Å². The van der Waals surface area contributed by atoms with Crippen molar-refractivity contribution in [2.45, 2.75) is 52.4 Å². The van der Waals surface area contributed by atoms with Crippen molar-refractivity contribution < 1.29 is 4.74 Å². The Morgan fingerprint density at radius 1 is 0.608 bits per heavy atom. The molecule has 0 amide bonds. The Hall–Kier alpha value is -6.06. The molecule has 0 saturated carbocycles. The highest BCUT2D eigenvalue weighted by Crippen LogP contribution is 2.46. The van der Waals surface area contributed by atoms with Crippen LogP contribution in [0.25, 0.3) is 32.5 Å². The molecule has 0 unspecified atom stereocenters. The number of rotatable bonds is 5. The number of hydrogen-bond donors (Lipinski definition) is 0. The molecule has 6 nitrogen and oxygen atoms in total. The van der Waals surface area contributed by atoms with E-state index < -0.39 is 0 Å². The first-order valence-corrected chi connectivity index (χ1v) is 17.4. The molecule has 8 rings (SSSR count). The van der Waals surface area contributed by atoms with Crippen molar-refractivity contribution in [3.8, 4) is 17.3 Å². The maximum atomic E-state index is 7.56. The van der Waals surface area contributed by atoms with Crippen LogP contribution in [0.1, 0.15) is 52.7 Å². The van der Waals surface area contributed by atoms with Gasteiger partial charge in [0.15, 0.2) is 5.69 Å². The first-order valence-electron chi connectivity index (χ1n) is 17.4. The van der Waals surface area contributed by atoms with Crippen molar-refractivity contribution in [1.29, 1.82) is 0 Å². The van der Waals surface area contributed by atoms with Gasteiger partial charge >= 0.3 is 0 Å². The standard InChI is InChI=1S/C45H41N5O/c1-44(2,3)30-21-22-47-43(25-30)50-39-16-9-8-15-37(39)38-20-19-35(28-42(38)50)51-36-24-31(45(4,5)6)23-34(27-36)49-29-48(40-17-10-11-18-41(40)49)33-14-12-13-32(26-33)46-7/h8-28H,29H2,1-6H3. The van der Waals surface area contributed by atoms with Gasteiger partial charge in [0.25, 0.3) is 0 Å². The smallest absolute Gasteiger partial charge is 0.189 e. The van der Waals surface area contributed by atoms with Gasteiger partial charge < -0.3 is 14.5 Å². The maximum Gasteiger partial charge on any atom is 0.189 e. The molecule has 7 aromatic rings. The van der Waals surface area contributed by atoms with E-state index in [2.05, 4.69) is 164 Å². The number of fused-ring (bicyclic) bond motifs is 4. The molecule has 6 heteroatoms. The first-order chi connectivity index (χ1) is 24.5. The summed E-state index contributed by atoms with van der Waals surface area (Å²) in [6, 6.07) is 42.1. The number of hydrogen-bond acceptors (Lipinski definition) is 4. The third-order valence-electron chi connectivity index (χ3n) is 9.81. The van der Waals surface area contributed by atoms with Crippen LogP contribution in [0, 0.1) is 6.57 Å². The van der Waals surface area contributed by atoms with Crippen LogP contribution in [0.4, 0.5) is 28.4 Å². The molecule has 0 saturated heterocycles. The zero-order chi connectivity index (χ0) is 35.5. The molecule has 51 heavy (non-hydrogen) atoms. The van der Waals surface area contributed by atoms with E-state index in [4.69, 9.17) is 16.3 Å². The predicted octanol–water partition coefficient (Wildman–Crippen LogP) is 12.4. The molecule has 252 valence electrons. The molecule has 3 heterocycles. The van der Waals surface area contributed by atoms with Gasteiger partial charge in [-0.2, -0.15) is 0 Å². The molecule has 0 aliphatic carbocycles. The van der Waals surface area contributed by atoms with Crippen molar-refractivity contribution in [3.63, 3.8) is 0 Å². The van der Waals surface area contributed by atoms with Gasteiger partial charge in [0, 0.05) is 40.5 Å². The highest BCUT2D eigenvalue weighted by atomic mass is 16.5. The van der Waals surface area contributed by atoms with Crippen LogP contribution in [-0.4, -0.2) is 16.2 Å². The van der Waals surface area contributed by atoms with Crippen molar-refractivity contribution in [3.05, 3.63) is 150 Å². The fraction of sp³-hybridized carbons (Fsp3) is 0.200. The fourth-order valence-electron chi connectivity index (χ4n) is 7.02. The number of para-hydroxylation sites is 3. The van der Waals surface area contributed by atoms with E-state index in [0.29, 0.717) is 12.4 Å². The maximum absolute atomic E-state index is 7.56. The average molecular weight is 668 g/mol. The summed E-state index contributed by atoms with van der Waals surface area (Å²) in [6.45, 7) is 21.6. The summed E-state index contributed by atoms with van der Waals surface area (Å²) in [6.07, 6.45) is 1.91. The summed E-state index contributed by atoms with van der Waals surface area (Å²) in [5, 5.41) is 2.33. The molecule has 0 N–H and O–H groups in total. The minimum Gasteiger partial charge on any atom is -0.457 e. The molecule has 2 aromatic heterocycles. The van der Waals surface area contributed by atoms with Gasteiger partial charge in [-0.15, -0.1) is 0 Å². The fourth-order valence-corrected chi connectivity index (χ4v) is 7.02. The Balaban J connectivity index is 1.22. The summed E-state index contributed by atoms with van der Waals surface area (Å²) < 4.78 is 9.06. The SMILES string of the molecule is [C-]#[N+]c1cccc(N2CN(c3cc(Oc4ccc5c6ccccc6n(-c6cc(C(C)(C)C)ccn6)c5c4)cc(C(C)(C)C)c3)c3ccccc32)c1. The molecule has 0 bridgehead atoms. The lowest BCUT2D eigenvalue weighted by atomic mass is 9.86. The Kier molecular flexibility index (Phi) is 7.61. The van der Waals surface area contributed by atoms with E-state index in [1.807, 2.05) is 24.4 Å². The van der Waals surface area contributed by atoms with Crippen molar-refractivity contribution in [2.75, 3.05) is 16.5 Å². The van der Waals surface area contributed by atoms with E-state index in [1.54, 1.807) is 0 Å². The molecule has 5 aromatic carbocycles. The monoisotopic (exact) mass is 667 g/mol. The summed E-state index contributed by atoms with van der Waals surface area (Å²) >= 11 is 0. The summed E-state index contributed by atoms with van der Waals surface area (Å²) in [5.74, 6) is 2.43. The zero-order valence-corrected chi connectivity index (χ0v) is 30.0. The quantitative estimate of drug-likeness (QED) is 0.171. The van der Waals surface area contributed by atoms with Crippen LogP contribution >= 0.6 is 0 Å². The minimum atomic E-state index is -0.114. The van der Waals surface area contributed by atoms with Gasteiger partial charge in [0.2, 0.25) is 0 Å². The molecule has 0 atom stereocenters. The normalized spacial score (nSPS) is 13.1. The van der Waals surface area contributed by atoms with Crippen LogP contribution < -0.4 is 14.5 Å². The first kappa shape index (κ1) is 32.2.